The number of halogens is 5. The summed E-state index contributed by atoms with van der Waals surface area (Å²) in [6, 6.07) is 8.14. The van der Waals surface area contributed by atoms with E-state index in [9.17, 15) is 26.7 Å². The summed E-state index contributed by atoms with van der Waals surface area (Å²) in [4.78, 5) is 27.8. The van der Waals surface area contributed by atoms with Crippen LogP contribution in [0.2, 0.25) is 0 Å². The first-order valence-corrected chi connectivity index (χ1v) is 12.6. The fourth-order valence-electron chi connectivity index (χ4n) is 4.94. The van der Waals surface area contributed by atoms with Gasteiger partial charge < -0.3 is 9.42 Å². The molecule has 208 valence electrons. The van der Waals surface area contributed by atoms with Gasteiger partial charge in [-0.1, -0.05) is 23.4 Å². The molecular weight excluding hydrogens is 533 g/mol. The monoisotopic (exact) mass is 557 g/mol. The third kappa shape index (κ3) is 5.56. The van der Waals surface area contributed by atoms with E-state index in [-0.39, 0.29) is 41.1 Å². The zero-order chi connectivity index (χ0) is 28.6. The number of hydrogen-bond donors (Lipinski definition) is 0. The van der Waals surface area contributed by atoms with Gasteiger partial charge in [0.15, 0.2) is 0 Å². The lowest BCUT2D eigenvalue weighted by Gasteiger charge is -2.32. The minimum absolute atomic E-state index is 0.00665. The van der Waals surface area contributed by atoms with Crippen molar-refractivity contribution in [2.45, 2.75) is 45.2 Å². The number of piperidine rings is 1. The van der Waals surface area contributed by atoms with Crippen molar-refractivity contribution < 1.29 is 31.3 Å². The highest BCUT2D eigenvalue weighted by Gasteiger charge is 2.32. The molecule has 12 heteroatoms. The van der Waals surface area contributed by atoms with E-state index in [1.165, 1.54) is 18.2 Å². The van der Waals surface area contributed by atoms with Gasteiger partial charge >= 0.3 is 6.18 Å². The fourth-order valence-corrected chi connectivity index (χ4v) is 4.94. The lowest BCUT2D eigenvalue weighted by Crippen LogP contribution is -2.39. The lowest BCUT2D eigenvalue weighted by molar-refractivity contribution is -0.137. The van der Waals surface area contributed by atoms with Gasteiger partial charge in [-0.15, -0.1) is 0 Å². The maximum absolute atomic E-state index is 14.0. The predicted molar refractivity (Wildman–Crippen MR) is 134 cm³/mol. The van der Waals surface area contributed by atoms with Crippen LogP contribution in [0.5, 0.6) is 0 Å². The van der Waals surface area contributed by atoms with Gasteiger partial charge in [0.1, 0.15) is 17.5 Å². The molecule has 1 fully saturated rings. The molecule has 5 rings (SSSR count). The minimum atomic E-state index is -4.52. The Kier molecular flexibility index (Phi) is 7.35. The Morgan fingerprint density at radius 3 is 2.35 bits per heavy atom. The number of carbonyl (C=O) groups excluding carboxylic acids is 1. The van der Waals surface area contributed by atoms with Crippen molar-refractivity contribution in [1.29, 1.82) is 0 Å². The van der Waals surface area contributed by atoms with Gasteiger partial charge in [0.05, 0.1) is 28.9 Å². The van der Waals surface area contributed by atoms with Gasteiger partial charge in [0.25, 0.3) is 5.89 Å². The molecule has 2 aromatic carbocycles. The van der Waals surface area contributed by atoms with Crippen LogP contribution < -0.4 is 0 Å². The van der Waals surface area contributed by atoms with E-state index in [2.05, 4.69) is 20.1 Å². The number of aromatic nitrogens is 4. The second kappa shape index (κ2) is 10.7. The molecule has 3 heterocycles. The molecule has 0 N–H and O–H groups in total. The Morgan fingerprint density at radius 2 is 1.68 bits per heavy atom. The number of benzene rings is 2. The summed E-state index contributed by atoms with van der Waals surface area (Å²) in [5.74, 6) is -1.43. The SMILES string of the molecule is Cc1nc(C)c(-c2nc(-c3cccc(C(F)(F)F)c3)no2)c(C2CCN(C(=O)Cc3c(F)cccc3F)CC2)n1. The number of likely N-dealkylation sites (tertiary alicyclic amines) is 1. The molecule has 1 aliphatic heterocycles. The standard InChI is InChI=1S/C28H24F5N5O2/c1-15-24(27-36-26(37-40-27)18-5-3-6-19(13-18)28(31,32)33)25(35-16(2)34-15)17-9-11-38(12-10-17)23(39)14-20-21(29)7-4-8-22(20)30/h3-8,13,17H,9-12,14H2,1-2H3. The Morgan fingerprint density at radius 1 is 1.00 bits per heavy atom. The van der Waals surface area contributed by atoms with E-state index in [1.54, 1.807) is 18.7 Å². The Hall–Kier alpha value is -4.22. The van der Waals surface area contributed by atoms with E-state index in [4.69, 9.17) is 4.52 Å². The predicted octanol–water partition coefficient (Wildman–Crippen LogP) is 6.06. The lowest BCUT2D eigenvalue weighted by atomic mass is 9.89. The van der Waals surface area contributed by atoms with Gasteiger partial charge in [-0.25, -0.2) is 18.7 Å². The number of carbonyl (C=O) groups is 1. The Bertz CT molecular complexity index is 1540. The van der Waals surface area contributed by atoms with Crippen LogP contribution in [0, 0.1) is 25.5 Å². The molecule has 40 heavy (non-hydrogen) atoms. The van der Waals surface area contributed by atoms with Crippen molar-refractivity contribution in [2.24, 2.45) is 0 Å². The van der Waals surface area contributed by atoms with Crippen molar-refractivity contribution in [3.63, 3.8) is 0 Å². The minimum Gasteiger partial charge on any atom is -0.342 e. The first-order valence-electron chi connectivity index (χ1n) is 12.6. The molecule has 7 nitrogen and oxygen atoms in total. The number of nitrogens with zero attached hydrogens (tertiary/aromatic N) is 5. The van der Waals surface area contributed by atoms with Crippen LogP contribution in [0.4, 0.5) is 22.0 Å². The van der Waals surface area contributed by atoms with Gasteiger partial charge in [-0.3, -0.25) is 4.79 Å². The average molecular weight is 558 g/mol. The molecule has 1 saturated heterocycles. The zero-order valence-electron chi connectivity index (χ0n) is 21.6. The number of aryl methyl sites for hydroxylation is 2. The third-order valence-electron chi connectivity index (χ3n) is 6.94. The maximum Gasteiger partial charge on any atom is 0.416 e. The zero-order valence-corrected chi connectivity index (χ0v) is 21.6. The van der Waals surface area contributed by atoms with Crippen LogP contribution in [0.3, 0.4) is 0 Å². The fraction of sp³-hybridized carbons (Fsp3) is 0.321. The number of hydrogen-bond acceptors (Lipinski definition) is 6. The van der Waals surface area contributed by atoms with Crippen molar-refractivity contribution in [3.05, 3.63) is 82.4 Å². The van der Waals surface area contributed by atoms with Crippen LogP contribution in [-0.2, 0) is 17.4 Å². The van der Waals surface area contributed by atoms with E-state index < -0.39 is 23.4 Å². The highest BCUT2D eigenvalue weighted by Crippen LogP contribution is 2.37. The van der Waals surface area contributed by atoms with Crippen molar-refractivity contribution in [2.75, 3.05) is 13.1 Å². The summed E-state index contributed by atoms with van der Waals surface area (Å²) in [5.41, 5.74) is 0.759. The van der Waals surface area contributed by atoms with Gasteiger partial charge in [0.2, 0.25) is 11.7 Å². The third-order valence-corrected chi connectivity index (χ3v) is 6.94. The first kappa shape index (κ1) is 27.4. The normalized spacial score (nSPS) is 14.5. The van der Waals surface area contributed by atoms with Crippen molar-refractivity contribution >= 4 is 5.91 Å². The summed E-state index contributed by atoms with van der Waals surface area (Å²) in [7, 11) is 0. The molecule has 2 aromatic heterocycles. The Labute approximate surface area is 226 Å². The number of alkyl halides is 3. The Balaban J connectivity index is 1.37. The molecular formula is C28H24F5N5O2. The van der Waals surface area contributed by atoms with Crippen LogP contribution in [0.25, 0.3) is 22.8 Å². The molecule has 0 spiro atoms. The van der Waals surface area contributed by atoms with E-state index in [0.717, 1.165) is 24.3 Å². The quantitative estimate of drug-likeness (QED) is 0.278. The molecule has 4 aromatic rings. The van der Waals surface area contributed by atoms with Gasteiger partial charge in [-0.2, -0.15) is 18.2 Å². The highest BCUT2D eigenvalue weighted by molar-refractivity contribution is 5.79. The average Bonchev–Trinajstić information content (AvgIpc) is 3.40. The summed E-state index contributed by atoms with van der Waals surface area (Å²) in [6.07, 6.45) is -3.86. The molecule has 1 aliphatic rings. The molecule has 1 amide bonds. The van der Waals surface area contributed by atoms with Crippen LogP contribution in [-0.4, -0.2) is 44.0 Å². The molecule has 0 atom stereocenters. The first-order chi connectivity index (χ1) is 19.0. The topological polar surface area (TPSA) is 85.0 Å². The second-order valence-electron chi connectivity index (χ2n) is 9.65. The molecule has 0 aliphatic carbocycles. The van der Waals surface area contributed by atoms with Crippen LogP contribution >= 0.6 is 0 Å². The molecule has 0 saturated carbocycles. The molecule has 0 bridgehead atoms. The maximum atomic E-state index is 14.0. The van der Waals surface area contributed by atoms with Gasteiger partial charge in [0, 0.05) is 30.1 Å². The summed E-state index contributed by atoms with van der Waals surface area (Å²) in [6.45, 7) is 4.19. The molecule has 0 radical (unpaired) electrons. The van der Waals surface area contributed by atoms with Crippen molar-refractivity contribution in [1.82, 2.24) is 25.0 Å². The van der Waals surface area contributed by atoms with Crippen LogP contribution in [0.15, 0.2) is 47.0 Å². The summed E-state index contributed by atoms with van der Waals surface area (Å²) in [5, 5.41) is 3.90. The smallest absolute Gasteiger partial charge is 0.342 e. The number of rotatable bonds is 5. The molecule has 0 unspecified atom stereocenters. The van der Waals surface area contributed by atoms with E-state index >= 15 is 0 Å². The number of amides is 1. The van der Waals surface area contributed by atoms with Gasteiger partial charge in [-0.05, 0) is 51.0 Å². The van der Waals surface area contributed by atoms with Crippen molar-refractivity contribution in [3.8, 4) is 22.8 Å². The summed E-state index contributed by atoms with van der Waals surface area (Å²) >= 11 is 0. The second-order valence-corrected chi connectivity index (χ2v) is 9.65. The van der Waals surface area contributed by atoms with E-state index in [1.807, 2.05) is 0 Å². The van der Waals surface area contributed by atoms with E-state index in [0.29, 0.717) is 48.7 Å². The highest BCUT2D eigenvalue weighted by atomic mass is 19.4. The van der Waals surface area contributed by atoms with Crippen LogP contribution in [0.1, 0.15) is 47.1 Å². The largest absolute Gasteiger partial charge is 0.416 e. The summed E-state index contributed by atoms with van der Waals surface area (Å²) < 4.78 is 73.1.